The molecular formula is C12H13FN4. The van der Waals surface area contributed by atoms with Crippen LogP contribution in [0.3, 0.4) is 0 Å². The van der Waals surface area contributed by atoms with Crippen LogP contribution in [0.1, 0.15) is 11.3 Å². The Balaban J connectivity index is 2.11. The minimum Gasteiger partial charge on any atom is -0.340 e. The molecule has 0 bridgehead atoms. The van der Waals surface area contributed by atoms with Gasteiger partial charge in [0.2, 0.25) is 5.95 Å². The van der Waals surface area contributed by atoms with Gasteiger partial charge in [-0.15, -0.1) is 0 Å². The number of hydrogen-bond donors (Lipinski definition) is 0. The molecule has 2 heterocycles. The Bertz CT molecular complexity index is 498. The van der Waals surface area contributed by atoms with Crippen LogP contribution in [0.2, 0.25) is 0 Å². The second-order valence-electron chi connectivity index (χ2n) is 3.86. The molecule has 0 N–H and O–H groups in total. The number of halogens is 1. The molecule has 2 aromatic heterocycles. The molecule has 0 saturated carbocycles. The Morgan fingerprint density at radius 1 is 1.24 bits per heavy atom. The molecule has 0 atom stereocenters. The SMILES string of the molecule is Cc1cc(CN(C)c2ncc(F)cn2)ccn1. The lowest BCUT2D eigenvalue weighted by atomic mass is 10.2. The van der Waals surface area contributed by atoms with Gasteiger partial charge in [-0.1, -0.05) is 0 Å². The van der Waals surface area contributed by atoms with Gasteiger partial charge < -0.3 is 4.90 Å². The number of hydrogen-bond acceptors (Lipinski definition) is 4. The van der Waals surface area contributed by atoms with Crippen molar-refractivity contribution in [3.8, 4) is 0 Å². The normalized spacial score (nSPS) is 10.3. The van der Waals surface area contributed by atoms with Gasteiger partial charge in [-0.05, 0) is 24.6 Å². The fourth-order valence-corrected chi connectivity index (χ4v) is 1.55. The Morgan fingerprint density at radius 2 is 1.94 bits per heavy atom. The smallest absolute Gasteiger partial charge is 0.225 e. The van der Waals surface area contributed by atoms with Crippen LogP contribution in [0, 0.1) is 12.7 Å². The largest absolute Gasteiger partial charge is 0.340 e. The third-order valence-electron chi connectivity index (χ3n) is 2.33. The van der Waals surface area contributed by atoms with Gasteiger partial charge in [0.15, 0.2) is 5.82 Å². The summed E-state index contributed by atoms with van der Waals surface area (Å²) in [5.74, 6) is 0.0720. The number of pyridine rings is 1. The van der Waals surface area contributed by atoms with Crippen molar-refractivity contribution in [2.24, 2.45) is 0 Å². The van der Waals surface area contributed by atoms with Crippen LogP contribution in [-0.4, -0.2) is 22.0 Å². The van der Waals surface area contributed by atoms with Crippen LogP contribution in [0.4, 0.5) is 10.3 Å². The summed E-state index contributed by atoms with van der Waals surface area (Å²) < 4.78 is 12.7. The first-order valence-corrected chi connectivity index (χ1v) is 5.25. The molecule has 5 heteroatoms. The highest BCUT2D eigenvalue weighted by Gasteiger charge is 2.05. The van der Waals surface area contributed by atoms with Gasteiger partial charge >= 0.3 is 0 Å². The quantitative estimate of drug-likeness (QED) is 0.811. The molecule has 0 aliphatic carbocycles. The van der Waals surface area contributed by atoms with Crippen LogP contribution in [0.15, 0.2) is 30.7 Å². The summed E-state index contributed by atoms with van der Waals surface area (Å²) in [6, 6.07) is 3.94. The van der Waals surface area contributed by atoms with Gasteiger partial charge in [0, 0.05) is 25.5 Å². The van der Waals surface area contributed by atoms with Crippen LogP contribution < -0.4 is 4.90 Å². The monoisotopic (exact) mass is 232 g/mol. The maximum atomic E-state index is 12.7. The van der Waals surface area contributed by atoms with E-state index in [0.717, 1.165) is 23.7 Å². The molecule has 0 amide bonds. The minimum atomic E-state index is -0.429. The third-order valence-corrected chi connectivity index (χ3v) is 2.33. The van der Waals surface area contributed by atoms with Gasteiger partial charge in [-0.2, -0.15) is 0 Å². The van der Waals surface area contributed by atoms with E-state index in [1.165, 1.54) is 0 Å². The van der Waals surface area contributed by atoms with Crippen LogP contribution in [0.5, 0.6) is 0 Å². The fourth-order valence-electron chi connectivity index (χ4n) is 1.55. The van der Waals surface area contributed by atoms with Crippen LogP contribution >= 0.6 is 0 Å². The highest BCUT2D eigenvalue weighted by molar-refractivity contribution is 5.30. The maximum absolute atomic E-state index is 12.7. The Kier molecular flexibility index (Phi) is 3.27. The molecule has 2 rings (SSSR count). The zero-order valence-electron chi connectivity index (χ0n) is 9.76. The predicted molar refractivity (Wildman–Crippen MR) is 63.1 cm³/mol. The summed E-state index contributed by atoms with van der Waals surface area (Å²) in [6.07, 6.45) is 4.09. The molecule has 4 nitrogen and oxygen atoms in total. The van der Waals surface area contributed by atoms with Crippen molar-refractivity contribution in [2.45, 2.75) is 13.5 Å². The van der Waals surface area contributed by atoms with Gasteiger partial charge in [0.25, 0.3) is 0 Å². The molecule has 0 aliphatic heterocycles. The van der Waals surface area contributed by atoms with Crippen LogP contribution in [-0.2, 0) is 6.54 Å². The first-order chi connectivity index (χ1) is 8.15. The molecule has 0 spiro atoms. The highest BCUT2D eigenvalue weighted by atomic mass is 19.1. The van der Waals surface area contributed by atoms with E-state index < -0.39 is 5.82 Å². The van der Waals surface area contributed by atoms with Crippen molar-refractivity contribution < 1.29 is 4.39 Å². The van der Waals surface area contributed by atoms with E-state index in [1.807, 2.05) is 31.0 Å². The molecule has 17 heavy (non-hydrogen) atoms. The standard InChI is InChI=1S/C12H13FN4/c1-9-5-10(3-4-14-9)8-17(2)12-15-6-11(13)7-16-12/h3-7H,8H2,1-2H3. The molecule has 0 aromatic carbocycles. The van der Waals surface area contributed by atoms with E-state index in [1.54, 1.807) is 6.20 Å². The van der Waals surface area contributed by atoms with E-state index in [9.17, 15) is 4.39 Å². The number of rotatable bonds is 3. The lowest BCUT2D eigenvalue weighted by Crippen LogP contribution is -2.19. The molecule has 0 radical (unpaired) electrons. The summed E-state index contributed by atoms with van der Waals surface area (Å²) in [4.78, 5) is 13.8. The van der Waals surface area contributed by atoms with Gasteiger partial charge in [-0.3, -0.25) is 4.98 Å². The number of aryl methyl sites for hydroxylation is 1. The van der Waals surface area contributed by atoms with E-state index in [4.69, 9.17) is 0 Å². The second kappa shape index (κ2) is 4.86. The third kappa shape index (κ3) is 2.96. The molecule has 0 unspecified atom stereocenters. The molecule has 2 aromatic rings. The van der Waals surface area contributed by atoms with E-state index in [2.05, 4.69) is 15.0 Å². The number of aromatic nitrogens is 3. The summed E-state index contributed by atoms with van der Waals surface area (Å²) in [6.45, 7) is 2.60. The average molecular weight is 232 g/mol. The van der Waals surface area contributed by atoms with Gasteiger partial charge in [0.1, 0.15) is 0 Å². The number of anilines is 1. The van der Waals surface area contributed by atoms with Crippen molar-refractivity contribution in [3.05, 3.63) is 47.8 Å². The maximum Gasteiger partial charge on any atom is 0.225 e. The minimum absolute atomic E-state index is 0.429. The van der Waals surface area contributed by atoms with Crippen molar-refractivity contribution in [1.82, 2.24) is 15.0 Å². The Hall–Kier alpha value is -2.04. The van der Waals surface area contributed by atoms with Crippen molar-refractivity contribution >= 4 is 5.95 Å². The molecular weight excluding hydrogens is 219 g/mol. The number of nitrogens with zero attached hydrogens (tertiary/aromatic N) is 4. The summed E-state index contributed by atoms with van der Waals surface area (Å²) in [7, 11) is 1.86. The van der Waals surface area contributed by atoms with Gasteiger partial charge in [-0.25, -0.2) is 14.4 Å². The first kappa shape index (κ1) is 11.4. The second-order valence-corrected chi connectivity index (χ2v) is 3.86. The van der Waals surface area contributed by atoms with Crippen molar-refractivity contribution in [3.63, 3.8) is 0 Å². The zero-order valence-corrected chi connectivity index (χ0v) is 9.76. The lowest BCUT2D eigenvalue weighted by Gasteiger charge is -2.16. The fraction of sp³-hybridized carbons (Fsp3) is 0.250. The van der Waals surface area contributed by atoms with E-state index in [-0.39, 0.29) is 0 Å². The molecule has 88 valence electrons. The van der Waals surface area contributed by atoms with E-state index in [0.29, 0.717) is 12.5 Å². The highest BCUT2D eigenvalue weighted by Crippen LogP contribution is 2.10. The average Bonchev–Trinajstić information content (AvgIpc) is 2.29. The first-order valence-electron chi connectivity index (χ1n) is 5.25. The Morgan fingerprint density at radius 3 is 2.59 bits per heavy atom. The lowest BCUT2D eigenvalue weighted by molar-refractivity contribution is 0.612. The van der Waals surface area contributed by atoms with Crippen molar-refractivity contribution in [2.75, 3.05) is 11.9 Å². The van der Waals surface area contributed by atoms with Gasteiger partial charge in [0.05, 0.1) is 12.4 Å². The Labute approximate surface area is 99.2 Å². The molecule has 0 fully saturated rings. The predicted octanol–water partition coefficient (Wildman–Crippen LogP) is 1.96. The summed E-state index contributed by atoms with van der Waals surface area (Å²) >= 11 is 0. The zero-order chi connectivity index (χ0) is 12.3. The summed E-state index contributed by atoms with van der Waals surface area (Å²) in [5, 5.41) is 0. The topological polar surface area (TPSA) is 41.9 Å². The molecule has 0 aliphatic rings. The van der Waals surface area contributed by atoms with Crippen LogP contribution in [0.25, 0.3) is 0 Å². The molecule has 0 saturated heterocycles. The summed E-state index contributed by atoms with van der Waals surface area (Å²) in [5.41, 5.74) is 2.09. The van der Waals surface area contributed by atoms with E-state index >= 15 is 0 Å². The van der Waals surface area contributed by atoms with Crippen molar-refractivity contribution in [1.29, 1.82) is 0 Å².